The number of carbonyl (C=O) groups excluding carboxylic acids is 1. The van der Waals surface area contributed by atoms with E-state index < -0.39 is 6.10 Å². The lowest BCUT2D eigenvalue weighted by Gasteiger charge is -2.15. The lowest BCUT2D eigenvalue weighted by Crippen LogP contribution is -2.34. The molecule has 3 nitrogen and oxygen atoms in total. The van der Waals surface area contributed by atoms with Crippen LogP contribution < -0.4 is 5.32 Å². The molecule has 0 aliphatic heterocycles. The number of rotatable bonds is 4. The number of fused-ring (bicyclic) bond motifs is 1. The third-order valence-corrected chi connectivity index (χ3v) is 3.25. The Morgan fingerprint density at radius 1 is 1.16 bits per heavy atom. The van der Waals surface area contributed by atoms with E-state index in [1.165, 1.54) is 0 Å². The maximum Gasteiger partial charge on any atom is 0.251 e. The largest absolute Gasteiger partial charge is 0.391 e. The van der Waals surface area contributed by atoms with Crippen LogP contribution in [-0.4, -0.2) is 23.7 Å². The fourth-order valence-electron chi connectivity index (χ4n) is 1.87. The molecule has 3 heteroatoms. The van der Waals surface area contributed by atoms with E-state index in [0.717, 1.165) is 10.8 Å². The fraction of sp³-hybridized carbons (Fsp3) is 0.312. The van der Waals surface area contributed by atoms with Crippen LogP contribution >= 0.6 is 0 Å². The van der Waals surface area contributed by atoms with E-state index in [4.69, 9.17) is 0 Å². The molecule has 0 saturated carbocycles. The number of carbonyl (C=O) groups is 1. The molecule has 2 aromatic carbocycles. The van der Waals surface area contributed by atoms with Crippen molar-refractivity contribution in [2.24, 2.45) is 5.92 Å². The molecular weight excluding hydrogens is 238 g/mol. The van der Waals surface area contributed by atoms with Crippen LogP contribution in [0.3, 0.4) is 0 Å². The molecule has 0 aliphatic rings. The van der Waals surface area contributed by atoms with E-state index in [-0.39, 0.29) is 18.4 Å². The number of benzene rings is 2. The number of aliphatic hydroxyl groups excluding tert-OH is 1. The minimum Gasteiger partial charge on any atom is -0.391 e. The number of aliphatic hydroxyl groups is 1. The lowest BCUT2D eigenvalue weighted by atomic mass is 10.1. The van der Waals surface area contributed by atoms with Crippen molar-refractivity contribution < 1.29 is 9.90 Å². The average Bonchev–Trinajstić information content (AvgIpc) is 2.43. The summed E-state index contributed by atoms with van der Waals surface area (Å²) in [7, 11) is 0. The Balaban J connectivity index is 2.09. The zero-order valence-electron chi connectivity index (χ0n) is 11.3. The van der Waals surface area contributed by atoms with E-state index in [1.807, 2.05) is 50.2 Å². The van der Waals surface area contributed by atoms with Gasteiger partial charge in [0.15, 0.2) is 0 Å². The van der Waals surface area contributed by atoms with Crippen molar-refractivity contribution in [1.29, 1.82) is 0 Å². The van der Waals surface area contributed by atoms with Gasteiger partial charge in [0, 0.05) is 12.1 Å². The highest BCUT2D eigenvalue weighted by molar-refractivity contribution is 5.98. The molecule has 0 spiro atoms. The lowest BCUT2D eigenvalue weighted by molar-refractivity contribution is 0.0871. The first-order valence-corrected chi connectivity index (χ1v) is 6.53. The molecule has 2 N–H and O–H groups in total. The van der Waals surface area contributed by atoms with Gasteiger partial charge in [-0.1, -0.05) is 44.2 Å². The van der Waals surface area contributed by atoms with Gasteiger partial charge in [-0.3, -0.25) is 4.79 Å². The van der Waals surface area contributed by atoms with Gasteiger partial charge >= 0.3 is 0 Å². The fourth-order valence-corrected chi connectivity index (χ4v) is 1.87. The minimum absolute atomic E-state index is 0.136. The van der Waals surface area contributed by atoms with E-state index in [0.29, 0.717) is 5.56 Å². The van der Waals surface area contributed by atoms with E-state index in [2.05, 4.69) is 5.32 Å². The molecule has 100 valence electrons. The predicted molar refractivity (Wildman–Crippen MR) is 77.1 cm³/mol. The van der Waals surface area contributed by atoms with Crippen molar-refractivity contribution in [3.63, 3.8) is 0 Å². The van der Waals surface area contributed by atoms with E-state index in [9.17, 15) is 9.90 Å². The molecule has 0 aromatic heterocycles. The molecular formula is C16H19NO2. The summed E-state index contributed by atoms with van der Waals surface area (Å²) >= 11 is 0. The van der Waals surface area contributed by atoms with Crippen molar-refractivity contribution in [3.05, 3.63) is 48.0 Å². The van der Waals surface area contributed by atoms with Gasteiger partial charge in [0.05, 0.1) is 6.10 Å². The first kappa shape index (κ1) is 13.6. The van der Waals surface area contributed by atoms with Gasteiger partial charge in [-0.25, -0.2) is 0 Å². The molecule has 1 atom stereocenters. The van der Waals surface area contributed by atoms with Crippen molar-refractivity contribution in [2.75, 3.05) is 6.54 Å². The molecule has 2 aromatic rings. The Labute approximate surface area is 113 Å². The van der Waals surface area contributed by atoms with Crippen molar-refractivity contribution in [3.8, 4) is 0 Å². The third kappa shape index (κ3) is 3.32. The summed E-state index contributed by atoms with van der Waals surface area (Å²) < 4.78 is 0. The molecule has 0 heterocycles. The van der Waals surface area contributed by atoms with Gasteiger partial charge in [0.2, 0.25) is 0 Å². The molecule has 19 heavy (non-hydrogen) atoms. The normalized spacial score (nSPS) is 12.6. The van der Waals surface area contributed by atoms with Crippen LogP contribution in [-0.2, 0) is 0 Å². The van der Waals surface area contributed by atoms with Gasteiger partial charge in [0.25, 0.3) is 5.91 Å². The number of nitrogens with one attached hydrogen (secondary N) is 1. The quantitative estimate of drug-likeness (QED) is 0.884. The highest BCUT2D eigenvalue weighted by Gasteiger charge is 2.12. The van der Waals surface area contributed by atoms with Crippen molar-refractivity contribution in [1.82, 2.24) is 5.32 Å². The molecule has 0 fully saturated rings. The minimum atomic E-state index is -0.510. The Morgan fingerprint density at radius 3 is 2.53 bits per heavy atom. The molecule has 0 saturated heterocycles. The molecule has 1 amide bonds. The third-order valence-electron chi connectivity index (χ3n) is 3.25. The number of hydrogen-bond acceptors (Lipinski definition) is 2. The van der Waals surface area contributed by atoms with Crippen LogP contribution in [0.15, 0.2) is 42.5 Å². The smallest absolute Gasteiger partial charge is 0.251 e. The summed E-state index contributed by atoms with van der Waals surface area (Å²) in [5, 5.41) is 14.6. The SMILES string of the molecule is CC(C)C(O)CNC(=O)c1ccc2ccccc2c1. The highest BCUT2D eigenvalue weighted by atomic mass is 16.3. The summed E-state index contributed by atoms with van der Waals surface area (Å²) in [6, 6.07) is 13.5. The second kappa shape index (κ2) is 5.85. The zero-order valence-corrected chi connectivity index (χ0v) is 11.3. The highest BCUT2D eigenvalue weighted by Crippen LogP contribution is 2.15. The molecule has 0 bridgehead atoms. The first-order valence-electron chi connectivity index (χ1n) is 6.53. The molecule has 0 aliphatic carbocycles. The van der Waals surface area contributed by atoms with E-state index >= 15 is 0 Å². The van der Waals surface area contributed by atoms with Crippen molar-refractivity contribution >= 4 is 16.7 Å². The van der Waals surface area contributed by atoms with Crippen LogP contribution in [0.1, 0.15) is 24.2 Å². The summed E-state index contributed by atoms with van der Waals surface area (Å²) in [6.45, 7) is 4.13. The van der Waals surface area contributed by atoms with Gasteiger partial charge < -0.3 is 10.4 Å². The summed E-state index contributed by atoms with van der Waals surface area (Å²) in [6.07, 6.45) is -0.510. The average molecular weight is 257 g/mol. The van der Waals surface area contributed by atoms with Crippen LogP contribution in [0.5, 0.6) is 0 Å². The standard InChI is InChI=1S/C16H19NO2/c1-11(2)15(18)10-17-16(19)14-8-7-12-5-3-4-6-13(12)9-14/h3-9,11,15,18H,10H2,1-2H3,(H,17,19). The van der Waals surface area contributed by atoms with Gasteiger partial charge in [-0.2, -0.15) is 0 Å². The van der Waals surface area contributed by atoms with Gasteiger partial charge in [-0.15, -0.1) is 0 Å². The van der Waals surface area contributed by atoms with Gasteiger partial charge in [-0.05, 0) is 28.8 Å². The Kier molecular flexibility index (Phi) is 4.17. The number of hydrogen-bond donors (Lipinski definition) is 2. The second-order valence-electron chi connectivity index (χ2n) is 5.08. The molecule has 2 rings (SSSR count). The number of amides is 1. The van der Waals surface area contributed by atoms with Crippen LogP contribution in [0.25, 0.3) is 10.8 Å². The maximum atomic E-state index is 12.0. The second-order valence-corrected chi connectivity index (χ2v) is 5.08. The van der Waals surface area contributed by atoms with Crippen LogP contribution in [0.2, 0.25) is 0 Å². The summed E-state index contributed by atoms with van der Waals surface area (Å²) in [4.78, 5) is 12.0. The van der Waals surface area contributed by atoms with Crippen LogP contribution in [0.4, 0.5) is 0 Å². The topological polar surface area (TPSA) is 49.3 Å². The monoisotopic (exact) mass is 257 g/mol. The Hall–Kier alpha value is -1.87. The van der Waals surface area contributed by atoms with Crippen molar-refractivity contribution in [2.45, 2.75) is 20.0 Å². The summed E-state index contributed by atoms with van der Waals surface area (Å²) in [5.74, 6) is -0.0117. The maximum absolute atomic E-state index is 12.0. The van der Waals surface area contributed by atoms with E-state index in [1.54, 1.807) is 6.07 Å². The Bertz CT molecular complexity index is 578. The van der Waals surface area contributed by atoms with Crippen LogP contribution in [0, 0.1) is 5.92 Å². The van der Waals surface area contributed by atoms with Gasteiger partial charge in [0.1, 0.15) is 0 Å². The molecule has 0 radical (unpaired) electrons. The zero-order chi connectivity index (χ0) is 13.8. The summed E-state index contributed by atoms with van der Waals surface area (Å²) in [5.41, 5.74) is 0.620. The predicted octanol–water partition coefficient (Wildman–Crippen LogP) is 2.59. The Morgan fingerprint density at radius 2 is 1.84 bits per heavy atom. The molecule has 1 unspecified atom stereocenters. The first-order chi connectivity index (χ1) is 9.08.